The second-order valence-electron chi connectivity index (χ2n) is 5.82. The zero-order valence-corrected chi connectivity index (χ0v) is 15.6. The molecule has 0 atom stereocenters. The number of terminal acetylenes is 1. The van der Waals surface area contributed by atoms with E-state index in [1.54, 1.807) is 22.7 Å². The van der Waals surface area contributed by atoms with E-state index in [4.69, 9.17) is 12.2 Å². The summed E-state index contributed by atoms with van der Waals surface area (Å²) in [4.78, 5) is 10.2. The number of hydrogen-bond acceptors (Lipinski definition) is 7. The smallest absolute Gasteiger partial charge is 0.197 e. The summed E-state index contributed by atoms with van der Waals surface area (Å²) in [5.41, 5.74) is 10.6. The summed E-state index contributed by atoms with van der Waals surface area (Å²) in [5, 5.41) is 11.5. The van der Waals surface area contributed by atoms with Gasteiger partial charge in [0.05, 0.1) is 5.69 Å². The van der Waals surface area contributed by atoms with Gasteiger partial charge in [-0.25, -0.2) is 4.98 Å². The van der Waals surface area contributed by atoms with Crippen molar-refractivity contribution in [3.63, 3.8) is 0 Å². The molecular formula is C19H17N5S2. The third-order valence-electron chi connectivity index (χ3n) is 4.01. The van der Waals surface area contributed by atoms with Gasteiger partial charge in [-0.2, -0.15) is 0 Å². The van der Waals surface area contributed by atoms with Crippen LogP contribution in [-0.2, 0) is 0 Å². The number of thiazole rings is 1. The van der Waals surface area contributed by atoms with Gasteiger partial charge < -0.3 is 16.4 Å². The standard InChI is InChI=1S/C19H17N5S2/c1-2-12-4-5-14(15(20)8-12)17-9-13(10-25-17)16-11-26-19(23-16)24-18-21-6-3-7-22-18/h1,4-5,8-11H,3,6-7,20H2,(H2,21,22,23,24). The van der Waals surface area contributed by atoms with Gasteiger partial charge in [-0.3, -0.25) is 4.99 Å². The minimum atomic E-state index is 0.691. The highest BCUT2D eigenvalue weighted by Crippen LogP contribution is 2.36. The number of aliphatic imine (C=N–C) groups is 1. The highest BCUT2D eigenvalue weighted by atomic mass is 32.1. The topological polar surface area (TPSA) is 75.3 Å². The maximum atomic E-state index is 6.15. The zero-order valence-electron chi connectivity index (χ0n) is 14.0. The Hall–Kier alpha value is -2.82. The molecule has 4 rings (SSSR count). The summed E-state index contributed by atoms with van der Waals surface area (Å²) in [6.07, 6.45) is 6.49. The normalized spacial score (nSPS) is 13.6. The van der Waals surface area contributed by atoms with Crippen molar-refractivity contribution in [3.05, 3.63) is 40.6 Å². The molecule has 3 heterocycles. The third-order valence-corrected chi connectivity index (χ3v) is 5.73. The summed E-state index contributed by atoms with van der Waals surface area (Å²) in [6, 6.07) is 7.83. The number of rotatable bonds is 3. The predicted octanol–water partition coefficient (Wildman–Crippen LogP) is 3.86. The van der Waals surface area contributed by atoms with Crippen molar-refractivity contribution in [2.75, 3.05) is 24.1 Å². The van der Waals surface area contributed by atoms with Gasteiger partial charge in [0.25, 0.3) is 0 Å². The Balaban J connectivity index is 1.55. The summed E-state index contributed by atoms with van der Waals surface area (Å²) in [6.45, 7) is 1.79. The van der Waals surface area contributed by atoms with E-state index in [1.165, 1.54) is 0 Å². The minimum Gasteiger partial charge on any atom is -0.398 e. The average molecular weight is 380 g/mol. The monoisotopic (exact) mass is 379 g/mol. The number of nitrogens with zero attached hydrogens (tertiary/aromatic N) is 2. The molecule has 0 saturated heterocycles. The summed E-state index contributed by atoms with van der Waals surface area (Å²) >= 11 is 3.21. The van der Waals surface area contributed by atoms with E-state index in [-0.39, 0.29) is 0 Å². The Morgan fingerprint density at radius 1 is 1.23 bits per heavy atom. The molecule has 26 heavy (non-hydrogen) atoms. The van der Waals surface area contributed by atoms with E-state index in [1.807, 2.05) is 23.6 Å². The summed E-state index contributed by atoms with van der Waals surface area (Å²) in [7, 11) is 0. The molecule has 4 N–H and O–H groups in total. The number of anilines is 2. The lowest BCUT2D eigenvalue weighted by Crippen LogP contribution is -2.35. The van der Waals surface area contributed by atoms with Crippen molar-refractivity contribution in [2.45, 2.75) is 6.42 Å². The number of nitrogens with one attached hydrogen (secondary N) is 2. The van der Waals surface area contributed by atoms with E-state index < -0.39 is 0 Å². The first-order chi connectivity index (χ1) is 12.7. The van der Waals surface area contributed by atoms with Crippen LogP contribution in [0.5, 0.6) is 0 Å². The molecule has 1 aliphatic rings. The molecule has 0 spiro atoms. The first-order valence-electron chi connectivity index (χ1n) is 8.19. The molecule has 0 unspecified atom stereocenters. The highest BCUT2D eigenvalue weighted by molar-refractivity contribution is 7.15. The molecule has 2 aromatic heterocycles. The highest BCUT2D eigenvalue weighted by Gasteiger charge is 2.12. The van der Waals surface area contributed by atoms with Crippen LogP contribution in [0.4, 0.5) is 10.8 Å². The Kier molecular flexibility index (Phi) is 4.61. The summed E-state index contributed by atoms with van der Waals surface area (Å²) in [5.74, 6) is 3.40. The van der Waals surface area contributed by atoms with Crippen LogP contribution < -0.4 is 16.4 Å². The largest absolute Gasteiger partial charge is 0.398 e. The van der Waals surface area contributed by atoms with E-state index in [0.29, 0.717) is 5.69 Å². The van der Waals surface area contributed by atoms with Gasteiger partial charge in [-0.15, -0.1) is 29.1 Å². The molecule has 0 saturated carbocycles. The number of aromatic nitrogens is 1. The van der Waals surface area contributed by atoms with Crippen LogP contribution in [0.1, 0.15) is 12.0 Å². The molecule has 5 nitrogen and oxygen atoms in total. The number of nitrogens with two attached hydrogens (primary N) is 1. The fourth-order valence-corrected chi connectivity index (χ4v) is 4.34. The Morgan fingerprint density at radius 3 is 2.92 bits per heavy atom. The van der Waals surface area contributed by atoms with Crippen LogP contribution in [0, 0.1) is 12.3 Å². The molecule has 0 aliphatic carbocycles. The van der Waals surface area contributed by atoms with Gasteiger partial charge in [0.2, 0.25) is 0 Å². The number of hydrogen-bond donors (Lipinski definition) is 3. The minimum absolute atomic E-state index is 0.691. The predicted molar refractivity (Wildman–Crippen MR) is 112 cm³/mol. The average Bonchev–Trinajstić information content (AvgIpc) is 3.32. The van der Waals surface area contributed by atoms with Crippen molar-refractivity contribution in [1.82, 2.24) is 10.3 Å². The number of thiophene rings is 1. The van der Waals surface area contributed by atoms with Gasteiger partial charge in [0.15, 0.2) is 11.1 Å². The maximum Gasteiger partial charge on any atom is 0.197 e. The van der Waals surface area contributed by atoms with Crippen molar-refractivity contribution >= 4 is 39.5 Å². The SMILES string of the molecule is C#Cc1ccc(-c2cc(-c3csc(NC4=NCCCN4)n3)cs2)c(N)c1. The number of benzene rings is 1. The van der Waals surface area contributed by atoms with Gasteiger partial charge >= 0.3 is 0 Å². The van der Waals surface area contributed by atoms with Gasteiger partial charge in [-0.1, -0.05) is 12.0 Å². The molecule has 0 radical (unpaired) electrons. The summed E-state index contributed by atoms with van der Waals surface area (Å²) < 4.78 is 0. The van der Waals surface area contributed by atoms with Crippen molar-refractivity contribution < 1.29 is 0 Å². The fourth-order valence-electron chi connectivity index (χ4n) is 2.67. The van der Waals surface area contributed by atoms with Crippen molar-refractivity contribution in [1.29, 1.82) is 0 Å². The van der Waals surface area contributed by atoms with Gasteiger partial charge in [0, 0.05) is 51.1 Å². The van der Waals surface area contributed by atoms with E-state index >= 15 is 0 Å². The first-order valence-corrected chi connectivity index (χ1v) is 9.95. The van der Waals surface area contributed by atoms with Crippen LogP contribution >= 0.6 is 22.7 Å². The number of nitrogen functional groups attached to an aromatic ring is 1. The van der Waals surface area contributed by atoms with E-state index in [2.05, 4.69) is 38.0 Å². The molecule has 7 heteroatoms. The zero-order chi connectivity index (χ0) is 17.9. The molecule has 3 aromatic rings. The molecule has 0 bridgehead atoms. The second-order valence-corrected chi connectivity index (χ2v) is 7.59. The fraction of sp³-hybridized carbons (Fsp3) is 0.158. The lowest BCUT2D eigenvalue weighted by atomic mass is 10.1. The van der Waals surface area contributed by atoms with Crippen LogP contribution in [0.25, 0.3) is 21.7 Å². The third kappa shape index (κ3) is 3.43. The lowest BCUT2D eigenvalue weighted by Gasteiger charge is -2.14. The first kappa shape index (κ1) is 16.6. The van der Waals surface area contributed by atoms with E-state index in [0.717, 1.165) is 57.9 Å². The maximum absolute atomic E-state index is 6.15. The molecule has 130 valence electrons. The molecule has 0 fully saturated rings. The van der Waals surface area contributed by atoms with Crippen LogP contribution in [0.15, 0.2) is 40.0 Å². The Labute approximate surface area is 160 Å². The van der Waals surface area contributed by atoms with E-state index in [9.17, 15) is 0 Å². The molecule has 0 amide bonds. The van der Waals surface area contributed by atoms with Crippen molar-refractivity contribution in [3.8, 4) is 34.0 Å². The van der Waals surface area contributed by atoms with Gasteiger partial charge in [-0.05, 0) is 24.6 Å². The quantitative estimate of drug-likeness (QED) is 0.477. The Bertz CT molecular complexity index is 1010. The Morgan fingerprint density at radius 2 is 2.15 bits per heavy atom. The molecule has 1 aromatic carbocycles. The van der Waals surface area contributed by atoms with Crippen LogP contribution in [-0.4, -0.2) is 24.0 Å². The molecular weight excluding hydrogens is 362 g/mol. The van der Waals surface area contributed by atoms with Crippen molar-refractivity contribution in [2.24, 2.45) is 4.99 Å². The lowest BCUT2D eigenvalue weighted by molar-refractivity contribution is 0.740. The molecule has 1 aliphatic heterocycles. The second kappa shape index (κ2) is 7.20. The van der Waals surface area contributed by atoms with Crippen LogP contribution in [0.3, 0.4) is 0 Å². The number of guanidine groups is 1. The van der Waals surface area contributed by atoms with Gasteiger partial charge in [0.1, 0.15) is 0 Å². The van der Waals surface area contributed by atoms with Crippen LogP contribution in [0.2, 0.25) is 0 Å².